The van der Waals surface area contributed by atoms with Crippen LogP contribution in [0.5, 0.6) is 0 Å². The van der Waals surface area contributed by atoms with Gasteiger partial charge in [0.25, 0.3) is 5.56 Å². The summed E-state index contributed by atoms with van der Waals surface area (Å²) in [4.78, 5) is 19.9. The van der Waals surface area contributed by atoms with Crippen molar-refractivity contribution >= 4 is 23.5 Å². The van der Waals surface area contributed by atoms with Crippen molar-refractivity contribution in [1.82, 2.24) is 9.97 Å². The molecule has 1 aromatic heterocycles. The van der Waals surface area contributed by atoms with Crippen molar-refractivity contribution < 1.29 is 18.6 Å². The fraction of sp³-hybridized carbons (Fsp3) is 0.375. The molecule has 0 amide bonds. The average molecular weight is 371 g/mol. The molecule has 0 saturated heterocycles. The molecule has 0 unspecified atom stereocenters. The number of hydrogen-bond acceptors (Lipinski definition) is 4. The van der Waals surface area contributed by atoms with Gasteiger partial charge in [0.15, 0.2) is 5.16 Å². The molecule has 0 aliphatic rings. The molecule has 0 atom stereocenters. The summed E-state index contributed by atoms with van der Waals surface area (Å²) in [6.45, 7) is 4.07. The SMILES string of the molecule is CSCSc1nc(Cc2ccccc2)c(C(C)C)c(=O)[nH]1.[V]. The van der Waals surface area contributed by atoms with Gasteiger partial charge >= 0.3 is 0 Å². The molecule has 1 N–H and O–H groups in total. The average Bonchev–Trinajstić information content (AvgIpc) is 2.45. The van der Waals surface area contributed by atoms with E-state index in [1.165, 1.54) is 5.56 Å². The van der Waals surface area contributed by atoms with Gasteiger partial charge in [0.1, 0.15) is 0 Å². The van der Waals surface area contributed by atoms with Gasteiger partial charge in [0.05, 0.1) is 5.69 Å². The zero-order chi connectivity index (χ0) is 15.2. The Balaban J connectivity index is 0.00000242. The maximum Gasteiger partial charge on any atom is 0.255 e. The van der Waals surface area contributed by atoms with Crippen LogP contribution in [0.2, 0.25) is 0 Å². The van der Waals surface area contributed by atoms with E-state index in [2.05, 4.69) is 22.1 Å². The molecular weight excluding hydrogens is 351 g/mol. The Bertz CT molecular complexity index is 644. The van der Waals surface area contributed by atoms with Gasteiger partial charge in [-0.2, -0.15) is 11.8 Å². The first kappa shape index (κ1) is 19.4. The van der Waals surface area contributed by atoms with E-state index < -0.39 is 0 Å². The Morgan fingerprint density at radius 1 is 1.23 bits per heavy atom. The van der Waals surface area contributed by atoms with Crippen molar-refractivity contribution in [3.05, 3.63) is 57.5 Å². The van der Waals surface area contributed by atoms with E-state index >= 15 is 0 Å². The maximum absolute atomic E-state index is 12.3. The standard InChI is InChI=1S/C16H20N2OS2.V/c1-11(2)14-13(9-12-7-5-4-6-8-12)17-16(18-15(14)19)21-10-20-3;/h4-8,11H,9-10H2,1-3H3,(H,17,18,19);. The van der Waals surface area contributed by atoms with Gasteiger partial charge in [-0.05, 0) is 17.7 Å². The second-order valence-corrected chi connectivity index (χ2v) is 7.29. The van der Waals surface area contributed by atoms with Crippen molar-refractivity contribution in [2.24, 2.45) is 0 Å². The molecule has 0 saturated carbocycles. The number of rotatable bonds is 6. The first-order valence-electron chi connectivity index (χ1n) is 6.90. The van der Waals surface area contributed by atoms with Crippen LogP contribution in [0.1, 0.15) is 36.6 Å². The first-order valence-corrected chi connectivity index (χ1v) is 9.28. The summed E-state index contributed by atoms with van der Waals surface area (Å²) in [5, 5.41) is 1.60. The smallest absolute Gasteiger partial charge is 0.255 e. The fourth-order valence-corrected chi connectivity index (χ4v) is 3.47. The van der Waals surface area contributed by atoms with Crippen molar-refractivity contribution in [2.45, 2.75) is 31.3 Å². The number of benzene rings is 1. The van der Waals surface area contributed by atoms with Gasteiger partial charge in [0, 0.05) is 35.6 Å². The normalized spacial score (nSPS) is 10.5. The van der Waals surface area contributed by atoms with Crippen LogP contribution < -0.4 is 5.56 Å². The molecule has 117 valence electrons. The molecule has 0 aliphatic carbocycles. The van der Waals surface area contributed by atoms with Crippen molar-refractivity contribution in [2.75, 3.05) is 11.3 Å². The summed E-state index contributed by atoms with van der Waals surface area (Å²) in [6.07, 6.45) is 2.74. The molecule has 0 spiro atoms. The Morgan fingerprint density at radius 3 is 2.50 bits per heavy atom. The third kappa shape index (κ3) is 5.23. The second kappa shape index (κ2) is 9.51. The number of nitrogens with one attached hydrogen (secondary N) is 1. The van der Waals surface area contributed by atoms with Crippen LogP contribution >= 0.6 is 23.5 Å². The summed E-state index contributed by atoms with van der Waals surface area (Å²) in [5.41, 5.74) is 2.86. The fourth-order valence-electron chi connectivity index (χ4n) is 2.21. The van der Waals surface area contributed by atoms with E-state index in [4.69, 9.17) is 0 Å². The minimum absolute atomic E-state index is 0. The van der Waals surface area contributed by atoms with Crippen LogP contribution in [-0.2, 0) is 25.0 Å². The summed E-state index contributed by atoms with van der Waals surface area (Å²) in [5.74, 6) is 0.166. The molecule has 0 aliphatic heterocycles. The van der Waals surface area contributed by atoms with Crippen molar-refractivity contribution in [3.8, 4) is 0 Å². The van der Waals surface area contributed by atoms with E-state index in [0.29, 0.717) is 11.6 Å². The number of hydrogen-bond donors (Lipinski definition) is 1. The molecule has 6 heteroatoms. The molecule has 3 nitrogen and oxygen atoms in total. The second-order valence-electron chi connectivity index (χ2n) is 5.10. The van der Waals surface area contributed by atoms with E-state index in [1.54, 1.807) is 23.5 Å². The molecule has 0 bridgehead atoms. The van der Waals surface area contributed by atoms with Crippen LogP contribution in [0.3, 0.4) is 0 Å². The van der Waals surface area contributed by atoms with Gasteiger partial charge in [0.2, 0.25) is 0 Å². The topological polar surface area (TPSA) is 45.8 Å². The third-order valence-corrected chi connectivity index (χ3v) is 5.00. The van der Waals surface area contributed by atoms with Gasteiger partial charge in [-0.1, -0.05) is 55.9 Å². The van der Waals surface area contributed by atoms with E-state index in [-0.39, 0.29) is 30.0 Å². The number of nitrogens with zero attached hydrogens (tertiary/aromatic N) is 1. The summed E-state index contributed by atoms with van der Waals surface area (Å²) >= 11 is 3.30. The molecule has 1 heterocycles. The number of thioether (sulfide) groups is 2. The Kier molecular flexibility index (Phi) is 8.40. The number of aromatic amines is 1. The van der Waals surface area contributed by atoms with E-state index in [0.717, 1.165) is 16.3 Å². The first-order chi connectivity index (χ1) is 10.1. The number of H-pyrrole nitrogens is 1. The minimum atomic E-state index is -0.00506. The van der Waals surface area contributed by atoms with Gasteiger partial charge < -0.3 is 4.98 Å². The van der Waals surface area contributed by atoms with Crippen LogP contribution in [0.4, 0.5) is 0 Å². The third-order valence-electron chi connectivity index (χ3n) is 3.12. The van der Waals surface area contributed by atoms with Crippen molar-refractivity contribution in [1.29, 1.82) is 0 Å². The Hall–Kier alpha value is -0.616. The minimum Gasteiger partial charge on any atom is -0.301 e. The van der Waals surface area contributed by atoms with Crippen molar-refractivity contribution in [3.63, 3.8) is 0 Å². The Morgan fingerprint density at radius 2 is 1.91 bits per heavy atom. The Labute approximate surface area is 152 Å². The van der Waals surface area contributed by atoms with E-state index in [1.807, 2.05) is 38.3 Å². The maximum atomic E-state index is 12.3. The molecule has 0 fully saturated rings. The molecule has 22 heavy (non-hydrogen) atoms. The molecule has 1 radical (unpaired) electrons. The van der Waals surface area contributed by atoms with E-state index in [9.17, 15) is 4.79 Å². The van der Waals surface area contributed by atoms with Gasteiger partial charge in [-0.15, -0.1) is 0 Å². The molecule has 1 aromatic carbocycles. The molecule has 2 rings (SSSR count). The largest absolute Gasteiger partial charge is 0.301 e. The monoisotopic (exact) mass is 371 g/mol. The van der Waals surface area contributed by atoms with Crippen LogP contribution in [-0.4, -0.2) is 21.3 Å². The van der Waals surface area contributed by atoms with Crippen LogP contribution in [0.15, 0.2) is 40.3 Å². The summed E-state index contributed by atoms with van der Waals surface area (Å²) in [6, 6.07) is 10.2. The zero-order valence-corrected chi connectivity index (χ0v) is 16.0. The molecule has 2 aromatic rings. The quantitative estimate of drug-likeness (QED) is 0.475. The summed E-state index contributed by atoms with van der Waals surface area (Å²) in [7, 11) is 0. The zero-order valence-electron chi connectivity index (χ0n) is 13.0. The molecular formula is C16H20N2OS2V. The number of aromatic nitrogens is 2. The van der Waals surface area contributed by atoms with Crippen LogP contribution in [0, 0.1) is 0 Å². The van der Waals surface area contributed by atoms with Crippen LogP contribution in [0.25, 0.3) is 0 Å². The predicted octanol–water partition coefficient (Wildman–Crippen LogP) is 3.89. The van der Waals surface area contributed by atoms with Gasteiger partial charge in [-0.25, -0.2) is 4.98 Å². The summed E-state index contributed by atoms with van der Waals surface area (Å²) < 4.78 is 0. The van der Waals surface area contributed by atoms with Gasteiger partial charge in [-0.3, -0.25) is 4.79 Å². The predicted molar refractivity (Wildman–Crippen MR) is 92.4 cm³/mol.